The number of ether oxygens (including phenoxy) is 1. The fraction of sp³-hybridized carbons (Fsp3) is 0.143. The van der Waals surface area contributed by atoms with Crippen molar-refractivity contribution in [3.8, 4) is 23.1 Å². The van der Waals surface area contributed by atoms with Crippen LogP contribution in [0, 0.1) is 11.3 Å². The Morgan fingerprint density at radius 1 is 1.31 bits per heavy atom. The van der Waals surface area contributed by atoms with Gasteiger partial charge in [0.15, 0.2) is 0 Å². The molecule has 0 fully saturated rings. The van der Waals surface area contributed by atoms with Gasteiger partial charge >= 0.3 is 0 Å². The Labute approximate surface area is 172 Å². The Bertz CT molecular complexity index is 1120. The number of anilines is 1. The summed E-state index contributed by atoms with van der Waals surface area (Å²) in [5.74, 6) is 0.759. The smallest absolute Gasteiger partial charge is 0.270 e. The van der Waals surface area contributed by atoms with E-state index in [1.54, 1.807) is 30.3 Å². The molecular weight excluding hydrogens is 390 g/mol. The molecule has 0 bridgehead atoms. The largest absolute Gasteiger partial charge is 0.493 e. The van der Waals surface area contributed by atoms with Crippen LogP contribution in [0.15, 0.2) is 58.4 Å². The predicted molar refractivity (Wildman–Crippen MR) is 113 cm³/mol. The normalized spacial score (nSPS) is 10.7. The van der Waals surface area contributed by atoms with Crippen LogP contribution in [-0.4, -0.2) is 22.8 Å². The summed E-state index contributed by atoms with van der Waals surface area (Å²) < 4.78 is 5.68. The third kappa shape index (κ3) is 5.00. The van der Waals surface area contributed by atoms with E-state index in [2.05, 4.69) is 20.5 Å². The molecule has 146 valence electrons. The van der Waals surface area contributed by atoms with Crippen molar-refractivity contribution in [1.29, 1.82) is 5.26 Å². The minimum Gasteiger partial charge on any atom is -0.493 e. The number of hydrogen-bond donors (Lipinski definition) is 2. The highest BCUT2D eigenvalue weighted by molar-refractivity contribution is 6.30. The second kappa shape index (κ2) is 9.53. The molecule has 0 aliphatic carbocycles. The first-order valence-electron chi connectivity index (χ1n) is 8.93. The number of aromatic nitrogens is 2. The number of nitrogens with zero attached hydrogens (tertiary/aromatic N) is 3. The quantitative estimate of drug-likeness (QED) is 0.451. The summed E-state index contributed by atoms with van der Waals surface area (Å²) in [5.41, 5.74) is 3.71. The van der Waals surface area contributed by atoms with Gasteiger partial charge in [0.25, 0.3) is 5.56 Å². The van der Waals surface area contributed by atoms with Gasteiger partial charge in [-0.1, -0.05) is 48.9 Å². The zero-order chi connectivity index (χ0) is 20.6. The third-order valence-corrected chi connectivity index (χ3v) is 4.12. The second-order valence-electron chi connectivity index (χ2n) is 6.02. The van der Waals surface area contributed by atoms with E-state index in [0.29, 0.717) is 28.5 Å². The highest BCUT2D eigenvalue weighted by Gasteiger charge is 2.13. The summed E-state index contributed by atoms with van der Waals surface area (Å²) in [6.07, 6.45) is 2.40. The molecule has 29 heavy (non-hydrogen) atoms. The van der Waals surface area contributed by atoms with Crippen molar-refractivity contribution in [2.75, 3.05) is 12.0 Å². The lowest BCUT2D eigenvalue weighted by atomic mass is 10.1. The first kappa shape index (κ1) is 20.1. The van der Waals surface area contributed by atoms with Crippen LogP contribution < -0.4 is 15.7 Å². The molecule has 0 unspecified atom stereocenters. The molecule has 0 atom stereocenters. The van der Waals surface area contributed by atoms with Crippen LogP contribution in [0.1, 0.15) is 24.5 Å². The van der Waals surface area contributed by atoms with Crippen LogP contribution in [0.4, 0.5) is 5.95 Å². The Balaban J connectivity index is 1.89. The van der Waals surface area contributed by atoms with Crippen molar-refractivity contribution in [2.45, 2.75) is 13.3 Å². The molecule has 2 aromatic carbocycles. The maximum absolute atomic E-state index is 12.3. The van der Waals surface area contributed by atoms with Gasteiger partial charge in [0.2, 0.25) is 5.95 Å². The summed E-state index contributed by atoms with van der Waals surface area (Å²) in [6, 6.07) is 16.1. The highest BCUT2D eigenvalue weighted by atomic mass is 35.5. The minimum absolute atomic E-state index is 0.0594. The molecule has 3 aromatic rings. The number of hydrazone groups is 1. The number of aromatic amines is 1. The molecule has 0 spiro atoms. The summed E-state index contributed by atoms with van der Waals surface area (Å²) in [7, 11) is 0. The standard InChI is InChI=1S/C21H18ClN5O2/c1-2-10-29-18-9-8-16(22)11-15(18)13-24-27-21-25-19(14-6-4-3-5-7-14)17(12-23)20(28)26-21/h3-9,11,13H,2,10H2,1H3,(H2,25,26,27,28). The Hall–Kier alpha value is -3.63. The van der Waals surface area contributed by atoms with E-state index in [0.717, 1.165) is 6.42 Å². The van der Waals surface area contributed by atoms with Crippen LogP contribution in [0.3, 0.4) is 0 Å². The number of H-pyrrole nitrogens is 1. The van der Waals surface area contributed by atoms with Crippen LogP contribution in [0.5, 0.6) is 5.75 Å². The van der Waals surface area contributed by atoms with Crippen LogP contribution in [0.2, 0.25) is 5.02 Å². The lowest BCUT2D eigenvalue weighted by Gasteiger charge is -2.08. The molecule has 2 N–H and O–H groups in total. The summed E-state index contributed by atoms with van der Waals surface area (Å²) in [6.45, 7) is 2.59. The third-order valence-electron chi connectivity index (χ3n) is 3.89. The number of halogens is 1. The second-order valence-corrected chi connectivity index (χ2v) is 6.45. The van der Waals surface area contributed by atoms with Crippen molar-refractivity contribution in [1.82, 2.24) is 9.97 Å². The van der Waals surface area contributed by atoms with Crippen LogP contribution in [-0.2, 0) is 0 Å². The molecule has 8 heteroatoms. The van der Waals surface area contributed by atoms with E-state index >= 15 is 0 Å². The summed E-state index contributed by atoms with van der Waals surface area (Å²) >= 11 is 6.06. The maximum atomic E-state index is 12.3. The van der Waals surface area contributed by atoms with Gasteiger partial charge in [0, 0.05) is 16.1 Å². The summed E-state index contributed by atoms with van der Waals surface area (Å²) in [5, 5.41) is 14.0. The lowest BCUT2D eigenvalue weighted by Crippen LogP contribution is -2.16. The maximum Gasteiger partial charge on any atom is 0.270 e. The molecule has 1 heterocycles. The molecule has 1 aromatic heterocycles. The highest BCUT2D eigenvalue weighted by Crippen LogP contribution is 2.22. The van der Waals surface area contributed by atoms with Gasteiger partial charge in [-0.05, 0) is 24.6 Å². The number of hydrogen-bond acceptors (Lipinski definition) is 6. The lowest BCUT2D eigenvalue weighted by molar-refractivity contribution is 0.317. The molecule has 3 rings (SSSR count). The van der Waals surface area contributed by atoms with Gasteiger partial charge in [-0.25, -0.2) is 10.4 Å². The zero-order valence-corrected chi connectivity index (χ0v) is 16.4. The van der Waals surface area contributed by atoms with Gasteiger partial charge in [-0.15, -0.1) is 0 Å². The zero-order valence-electron chi connectivity index (χ0n) is 15.6. The topological polar surface area (TPSA) is 103 Å². The number of rotatable bonds is 7. The molecule has 7 nitrogen and oxygen atoms in total. The number of benzene rings is 2. The first-order valence-corrected chi connectivity index (χ1v) is 9.31. The average Bonchev–Trinajstić information content (AvgIpc) is 2.73. The molecule has 0 saturated heterocycles. The van der Waals surface area contributed by atoms with Gasteiger partial charge < -0.3 is 4.74 Å². The molecular formula is C21H18ClN5O2. The van der Waals surface area contributed by atoms with E-state index in [1.165, 1.54) is 6.21 Å². The van der Waals surface area contributed by atoms with E-state index in [4.69, 9.17) is 16.3 Å². The van der Waals surface area contributed by atoms with Crippen molar-refractivity contribution in [3.63, 3.8) is 0 Å². The van der Waals surface area contributed by atoms with E-state index < -0.39 is 5.56 Å². The first-order chi connectivity index (χ1) is 14.1. The van der Waals surface area contributed by atoms with Crippen molar-refractivity contribution >= 4 is 23.8 Å². The Kier molecular flexibility index (Phi) is 6.61. The van der Waals surface area contributed by atoms with Crippen LogP contribution in [0.25, 0.3) is 11.3 Å². The molecule has 0 radical (unpaired) electrons. The molecule has 0 aliphatic heterocycles. The van der Waals surface area contributed by atoms with Gasteiger partial charge in [-0.2, -0.15) is 10.4 Å². The predicted octanol–water partition coefficient (Wildman–Crippen LogP) is 4.20. The average molecular weight is 408 g/mol. The molecule has 0 saturated carbocycles. The minimum atomic E-state index is -0.547. The SMILES string of the molecule is CCCOc1ccc(Cl)cc1C=NNc1nc(-c2ccccc2)c(C#N)c(=O)[nH]1. The van der Waals surface area contributed by atoms with Gasteiger partial charge in [-0.3, -0.25) is 9.78 Å². The van der Waals surface area contributed by atoms with Crippen molar-refractivity contribution in [2.24, 2.45) is 5.10 Å². The van der Waals surface area contributed by atoms with Crippen molar-refractivity contribution < 1.29 is 4.74 Å². The Morgan fingerprint density at radius 2 is 2.10 bits per heavy atom. The number of nitriles is 1. The van der Waals surface area contributed by atoms with E-state index in [-0.39, 0.29) is 17.2 Å². The molecule has 0 amide bonds. The fourth-order valence-electron chi connectivity index (χ4n) is 2.56. The number of nitrogens with one attached hydrogen (secondary N) is 2. The fourth-order valence-corrected chi connectivity index (χ4v) is 2.74. The van der Waals surface area contributed by atoms with Crippen molar-refractivity contribution in [3.05, 3.63) is 75.0 Å². The Morgan fingerprint density at radius 3 is 2.83 bits per heavy atom. The van der Waals surface area contributed by atoms with E-state index in [1.807, 2.05) is 31.2 Å². The van der Waals surface area contributed by atoms with E-state index in [9.17, 15) is 10.1 Å². The monoisotopic (exact) mass is 407 g/mol. The van der Waals surface area contributed by atoms with Crippen LogP contribution >= 0.6 is 11.6 Å². The summed E-state index contributed by atoms with van der Waals surface area (Å²) in [4.78, 5) is 19.1. The molecule has 0 aliphatic rings. The van der Waals surface area contributed by atoms with Gasteiger partial charge in [0.05, 0.1) is 18.5 Å². The van der Waals surface area contributed by atoms with Gasteiger partial charge in [0.1, 0.15) is 17.4 Å².